The van der Waals surface area contributed by atoms with E-state index in [1.54, 1.807) is 0 Å². The third kappa shape index (κ3) is 5.18. The molecule has 1 aliphatic heterocycles. The highest BCUT2D eigenvalue weighted by atomic mass is 16.2. The lowest BCUT2D eigenvalue weighted by Crippen LogP contribution is -2.53. The molecule has 0 aromatic heterocycles. The molecule has 0 saturated carbocycles. The molecule has 1 fully saturated rings. The average Bonchev–Trinajstić information content (AvgIpc) is 2.70. The van der Waals surface area contributed by atoms with Gasteiger partial charge >= 0.3 is 0 Å². The number of carbonyl (C=O) groups is 1. The Bertz CT molecular complexity index is 731. The van der Waals surface area contributed by atoms with Crippen LogP contribution >= 0.6 is 0 Å². The molecule has 144 valence electrons. The highest BCUT2D eigenvalue weighted by molar-refractivity contribution is 5.95. The summed E-state index contributed by atoms with van der Waals surface area (Å²) in [6.45, 7) is 11.1. The Balaban J connectivity index is 1.48. The molecule has 2 aromatic carbocycles. The minimum Gasteiger partial charge on any atom is -0.324 e. The van der Waals surface area contributed by atoms with Crippen LogP contribution in [-0.4, -0.2) is 54.5 Å². The van der Waals surface area contributed by atoms with Gasteiger partial charge in [0.2, 0.25) is 5.91 Å². The van der Waals surface area contributed by atoms with Gasteiger partial charge in [-0.1, -0.05) is 48.5 Å². The highest BCUT2D eigenvalue weighted by Gasteiger charge is 2.25. The van der Waals surface area contributed by atoms with E-state index < -0.39 is 0 Å². The monoisotopic (exact) mass is 365 g/mol. The molecule has 1 heterocycles. The Morgan fingerprint density at radius 2 is 1.59 bits per heavy atom. The molecule has 27 heavy (non-hydrogen) atoms. The fourth-order valence-electron chi connectivity index (χ4n) is 3.71. The van der Waals surface area contributed by atoms with Crippen LogP contribution in [0.4, 0.5) is 5.69 Å². The van der Waals surface area contributed by atoms with Crippen molar-refractivity contribution >= 4 is 11.6 Å². The summed E-state index contributed by atoms with van der Waals surface area (Å²) >= 11 is 0. The van der Waals surface area contributed by atoms with Crippen molar-refractivity contribution in [1.29, 1.82) is 0 Å². The first kappa shape index (κ1) is 19.6. The summed E-state index contributed by atoms with van der Waals surface area (Å²) in [5, 5.41) is 3.14. The van der Waals surface area contributed by atoms with Gasteiger partial charge in [0.15, 0.2) is 0 Å². The van der Waals surface area contributed by atoms with Crippen LogP contribution in [0.5, 0.6) is 0 Å². The van der Waals surface area contributed by atoms with Crippen molar-refractivity contribution < 1.29 is 4.79 Å². The zero-order chi connectivity index (χ0) is 19.2. The Morgan fingerprint density at radius 3 is 2.22 bits per heavy atom. The van der Waals surface area contributed by atoms with E-state index in [9.17, 15) is 4.79 Å². The van der Waals surface area contributed by atoms with E-state index in [2.05, 4.69) is 45.4 Å². The third-order valence-electron chi connectivity index (χ3n) is 5.62. The molecule has 3 rings (SSSR count). The number of amides is 1. The van der Waals surface area contributed by atoms with Gasteiger partial charge < -0.3 is 10.2 Å². The molecule has 4 heteroatoms. The predicted octanol–water partition coefficient (Wildman–Crippen LogP) is 3.49. The largest absolute Gasteiger partial charge is 0.324 e. The standard InChI is InChI=1S/C23H31N3O/c1-18-8-7-9-19(2)22(18)24-23(27)20(3)26-16-14-25(15-17-26)13-12-21-10-5-4-6-11-21/h4-11,20H,12-17H2,1-3H3,(H,24,27)/t20-/m0/s1. The van der Waals surface area contributed by atoms with Crippen molar-refractivity contribution in [2.75, 3.05) is 38.0 Å². The first-order valence-electron chi connectivity index (χ1n) is 9.92. The van der Waals surface area contributed by atoms with Crippen LogP contribution in [0.3, 0.4) is 0 Å². The molecule has 1 N–H and O–H groups in total. The van der Waals surface area contributed by atoms with E-state index in [4.69, 9.17) is 0 Å². The number of benzene rings is 2. The zero-order valence-corrected chi connectivity index (χ0v) is 16.7. The molecule has 0 radical (unpaired) electrons. The lowest BCUT2D eigenvalue weighted by atomic mass is 10.1. The molecule has 0 spiro atoms. The summed E-state index contributed by atoms with van der Waals surface area (Å²) in [5.74, 6) is 0.0881. The summed E-state index contributed by atoms with van der Waals surface area (Å²) in [7, 11) is 0. The van der Waals surface area contributed by atoms with Crippen molar-refractivity contribution in [1.82, 2.24) is 9.80 Å². The maximum Gasteiger partial charge on any atom is 0.241 e. The number of rotatable bonds is 6. The van der Waals surface area contributed by atoms with Crippen LogP contribution in [0.1, 0.15) is 23.6 Å². The molecule has 1 amide bonds. The fraction of sp³-hybridized carbons (Fsp3) is 0.435. The Kier molecular flexibility index (Phi) is 6.64. The lowest BCUT2D eigenvalue weighted by molar-refractivity contribution is -0.121. The molecular weight excluding hydrogens is 334 g/mol. The first-order valence-corrected chi connectivity index (χ1v) is 9.92. The van der Waals surface area contributed by atoms with Crippen molar-refractivity contribution in [2.45, 2.75) is 33.2 Å². The zero-order valence-electron chi connectivity index (χ0n) is 16.7. The van der Waals surface area contributed by atoms with Gasteiger partial charge in [0.25, 0.3) is 0 Å². The maximum atomic E-state index is 12.7. The fourth-order valence-corrected chi connectivity index (χ4v) is 3.71. The first-order chi connectivity index (χ1) is 13.0. The number of hydrogen-bond donors (Lipinski definition) is 1. The van der Waals surface area contributed by atoms with Crippen LogP contribution in [0, 0.1) is 13.8 Å². The number of nitrogens with zero attached hydrogens (tertiary/aromatic N) is 2. The second-order valence-corrected chi connectivity index (χ2v) is 7.55. The van der Waals surface area contributed by atoms with Crippen molar-refractivity contribution in [3.05, 3.63) is 65.2 Å². The van der Waals surface area contributed by atoms with Crippen LogP contribution in [0.15, 0.2) is 48.5 Å². The lowest BCUT2D eigenvalue weighted by Gasteiger charge is -2.37. The van der Waals surface area contributed by atoms with Gasteiger partial charge in [-0.05, 0) is 43.9 Å². The number of aryl methyl sites for hydroxylation is 2. The van der Waals surface area contributed by atoms with E-state index in [0.29, 0.717) is 0 Å². The normalized spacial score (nSPS) is 16.9. The van der Waals surface area contributed by atoms with Gasteiger partial charge in [0.1, 0.15) is 0 Å². The number of carbonyl (C=O) groups excluding carboxylic acids is 1. The molecule has 1 saturated heterocycles. The van der Waals surface area contributed by atoms with Gasteiger partial charge in [-0.15, -0.1) is 0 Å². The number of piperazine rings is 1. The third-order valence-corrected chi connectivity index (χ3v) is 5.62. The van der Waals surface area contributed by atoms with Crippen molar-refractivity contribution in [3.8, 4) is 0 Å². The van der Waals surface area contributed by atoms with E-state index in [-0.39, 0.29) is 11.9 Å². The van der Waals surface area contributed by atoms with Gasteiger partial charge in [0, 0.05) is 38.4 Å². The second kappa shape index (κ2) is 9.16. The van der Waals surface area contributed by atoms with Crippen LogP contribution < -0.4 is 5.32 Å². The number of para-hydroxylation sites is 1. The van der Waals surface area contributed by atoms with E-state index >= 15 is 0 Å². The maximum absolute atomic E-state index is 12.7. The van der Waals surface area contributed by atoms with Crippen LogP contribution in [-0.2, 0) is 11.2 Å². The van der Waals surface area contributed by atoms with Crippen LogP contribution in [0.25, 0.3) is 0 Å². The smallest absolute Gasteiger partial charge is 0.241 e. The van der Waals surface area contributed by atoms with Crippen molar-refractivity contribution in [2.24, 2.45) is 0 Å². The molecule has 0 aliphatic carbocycles. The van der Waals surface area contributed by atoms with Gasteiger partial charge in [-0.25, -0.2) is 0 Å². The van der Waals surface area contributed by atoms with Crippen LogP contribution in [0.2, 0.25) is 0 Å². The Hall–Kier alpha value is -2.17. The molecule has 0 unspecified atom stereocenters. The minimum absolute atomic E-state index is 0.0881. The summed E-state index contributed by atoms with van der Waals surface area (Å²) in [6, 6.07) is 16.6. The quantitative estimate of drug-likeness (QED) is 0.851. The molecule has 0 bridgehead atoms. The predicted molar refractivity (Wildman–Crippen MR) is 112 cm³/mol. The molecule has 2 aromatic rings. The Morgan fingerprint density at radius 1 is 0.963 bits per heavy atom. The number of hydrogen-bond acceptors (Lipinski definition) is 3. The van der Waals surface area contributed by atoms with Gasteiger partial charge in [0.05, 0.1) is 6.04 Å². The molecular formula is C23H31N3O. The molecule has 4 nitrogen and oxygen atoms in total. The summed E-state index contributed by atoms with van der Waals surface area (Å²) in [6.07, 6.45) is 1.09. The van der Waals surface area contributed by atoms with E-state index in [1.807, 2.05) is 39.0 Å². The van der Waals surface area contributed by atoms with Crippen molar-refractivity contribution in [3.63, 3.8) is 0 Å². The van der Waals surface area contributed by atoms with E-state index in [1.165, 1.54) is 5.56 Å². The number of anilines is 1. The summed E-state index contributed by atoms with van der Waals surface area (Å²) in [4.78, 5) is 17.5. The number of nitrogens with one attached hydrogen (secondary N) is 1. The summed E-state index contributed by atoms with van der Waals surface area (Å²) in [5.41, 5.74) is 4.57. The molecule has 1 atom stereocenters. The van der Waals surface area contributed by atoms with E-state index in [0.717, 1.165) is 56.0 Å². The Labute approximate surface area is 163 Å². The van der Waals surface area contributed by atoms with Gasteiger partial charge in [-0.3, -0.25) is 9.69 Å². The average molecular weight is 366 g/mol. The highest BCUT2D eigenvalue weighted by Crippen LogP contribution is 2.20. The SMILES string of the molecule is Cc1cccc(C)c1NC(=O)[C@H](C)N1CCN(CCc2ccccc2)CC1. The second-order valence-electron chi connectivity index (χ2n) is 7.55. The minimum atomic E-state index is -0.111. The summed E-state index contributed by atoms with van der Waals surface area (Å²) < 4.78 is 0. The van der Waals surface area contributed by atoms with Gasteiger partial charge in [-0.2, -0.15) is 0 Å². The topological polar surface area (TPSA) is 35.6 Å². The molecule has 1 aliphatic rings.